The fourth-order valence-corrected chi connectivity index (χ4v) is 5.29. The van der Waals surface area contributed by atoms with Crippen molar-refractivity contribution in [2.45, 2.75) is 24.7 Å². The first-order valence-electron chi connectivity index (χ1n) is 13.5. The number of fused-ring (bicyclic) bond motifs is 1. The molecular formula is C30H24BrClF3N5O5. The smallest absolute Gasteiger partial charge is 0.418 e. The van der Waals surface area contributed by atoms with Gasteiger partial charge in [0.1, 0.15) is 17.8 Å². The molecule has 2 N–H and O–H groups in total. The van der Waals surface area contributed by atoms with E-state index in [0.29, 0.717) is 39.6 Å². The first kappa shape index (κ1) is 32.0. The molecule has 3 amide bonds. The molecule has 3 aromatic rings. The van der Waals surface area contributed by atoms with Gasteiger partial charge in [0.15, 0.2) is 12.1 Å². The van der Waals surface area contributed by atoms with E-state index in [9.17, 15) is 27.6 Å². The van der Waals surface area contributed by atoms with E-state index >= 15 is 0 Å². The van der Waals surface area contributed by atoms with Gasteiger partial charge in [-0.15, -0.1) is 0 Å². The number of aliphatic imine (C=N–C) groups is 1. The highest BCUT2D eigenvalue weighted by Crippen LogP contribution is 2.36. The summed E-state index contributed by atoms with van der Waals surface area (Å²) >= 11 is 8.96. The molecule has 0 unspecified atom stereocenters. The number of nitrogens with one attached hydrogen (secondary N) is 2. The van der Waals surface area contributed by atoms with Crippen molar-refractivity contribution in [1.82, 2.24) is 5.32 Å². The Balaban J connectivity index is 1.39. The van der Waals surface area contributed by atoms with Crippen molar-refractivity contribution >= 4 is 67.1 Å². The number of anilines is 2. The largest absolute Gasteiger partial charge is 0.446 e. The van der Waals surface area contributed by atoms with Gasteiger partial charge in [0.2, 0.25) is 5.91 Å². The molecule has 234 valence electrons. The number of halogens is 5. The molecular weight excluding hydrogens is 683 g/mol. The lowest BCUT2D eigenvalue weighted by molar-refractivity contribution is -0.137. The van der Waals surface area contributed by atoms with Crippen molar-refractivity contribution in [2.75, 3.05) is 29.9 Å². The zero-order chi connectivity index (χ0) is 32.1. The van der Waals surface area contributed by atoms with Crippen molar-refractivity contribution < 1.29 is 37.1 Å². The van der Waals surface area contributed by atoms with E-state index in [2.05, 4.69) is 36.7 Å². The van der Waals surface area contributed by atoms with Crippen molar-refractivity contribution in [3.63, 3.8) is 0 Å². The number of nitrogens with zero attached hydrogens (tertiary/aromatic N) is 3. The fourth-order valence-electron chi connectivity index (χ4n) is 4.68. The molecule has 0 bridgehead atoms. The Morgan fingerprint density at radius 3 is 2.53 bits per heavy atom. The van der Waals surface area contributed by atoms with Crippen LogP contribution in [-0.2, 0) is 25.3 Å². The maximum Gasteiger partial charge on any atom is 0.418 e. The summed E-state index contributed by atoms with van der Waals surface area (Å²) in [5.74, 6) is -1.16. The Morgan fingerprint density at radius 2 is 1.82 bits per heavy atom. The van der Waals surface area contributed by atoms with Crippen LogP contribution in [0.5, 0.6) is 0 Å². The third-order valence-corrected chi connectivity index (χ3v) is 7.46. The number of benzene rings is 3. The van der Waals surface area contributed by atoms with Crippen LogP contribution >= 0.6 is 27.5 Å². The van der Waals surface area contributed by atoms with Gasteiger partial charge < -0.3 is 19.8 Å². The second-order valence-electron chi connectivity index (χ2n) is 9.92. The predicted octanol–water partition coefficient (Wildman–Crippen LogP) is 5.77. The third kappa shape index (κ3) is 7.81. The molecule has 3 aromatic carbocycles. The second kappa shape index (κ2) is 13.7. The maximum absolute atomic E-state index is 13.9. The summed E-state index contributed by atoms with van der Waals surface area (Å²) in [6, 6.07) is 17.3. The van der Waals surface area contributed by atoms with Gasteiger partial charge in [-0.25, -0.2) is 4.79 Å². The number of rotatable bonds is 8. The van der Waals surface area contributed by atoms with Crippen molar-refractivity contribution in [2.24, 2.45) is 10.1 Å². The molecule has 2 atom stereocenters. The molecule has 0 saturated heterocycles. The van der Waals surface area contributed by atoms with Gasteiger partial charge in [-0.05, 0) is 40.2 Å². The predicted molar refractivity (Wildman–Crippen MR) is 165 cm³/mol. The topological polar surface area (TPSA) is 122 Å². The van der Waals surface area contributed by atoms with Crippen LogP contribution in [-0.4, -0.2) is 60.1 Å². The van der Waals surface area contributed by atoms with Crippen LogP contribution in [0.1, 0.15) is 23.1 Å². The van der Waals surface area contributed by atoms with Gasteiger partial charge in [-0.3, -0.25) is 19.9 Å². The SMILES string of the molecule is O=C(CN1C(=O)[C@@H](COC(=O)Nc2ccc(Cl)cc2C(F)(F)F)N=C(c2ccccc2)c2ccccc21)NC[C@@H]1CC(Br)=NO1. The number of alkyl halides is 3. The first-order valence-corrected chi connectivity index (χ1v) is 14.7. The summed E-state index contributed by atoms with van der Waals surface area (Å²) < 4.78 is 46.4. The number of ether oxygens (including phenoxy) is 1. The highest BCUT2D eigenvalue weighted by atomic mass is 79.9. The lowest BCUT2D eigenvalue weighted by Crippen LogP contribution is -2.47. The molecule has 15 heteroatoms. The van der Waals surface area contributed by atoms with E-state index in [1.807, 2.05) is 6.07 Å². The number of hydrogen-bond donors (Lipinski definition) is 2. The molecule has 0 saturated carbocycles. The number of para-hydroxylation sites is 1. The number of oxime groups is 1. The molecule has 0 radical (unpaired) electrons. The second-order valence-corrected chi connectivity index (χ2v) is 11.3. The average molecular weight is 707 g/mol. The van der Waals surface area contributed by atoms with E-state index in [-0.39, 0.29) is 17.7 Å². The molecule has 45 heavy (non-hydrogen) atoms. The van der Waals surface area contributed by atoms with Gasteiger partial charge in [-0.1, -0.05) is 65.3 Å². The minimum absolute atomic E-state index is 0.143. The van der Waals surface area contributed by atoms with Crippen LogP contribution < -0.4 is 15.5 Å². The number of benzodiazepines with no additional fused rings is 1. The Bertz CT molecular complexity index is 1670. The molecule has 2 aliphatic rings. The summed E-state index contributed by atoms with van der Waals surface area (Å²) in [5, 5.41) is 8.41. The standard InChI is InChI=1S/C30H24BrClF3N5O5/c31-25-13-19(45-39-25)14-36-26(41)15-40-24-9-5-4-8-20(24)27(17-6-2-1-3-7-17)37-23(28(40)42)16-44-29(43)38-22-11-10-18(32)12-21(22)30(33,34)35/h1-12,19,23H,13-16H2,(H,36,41)(H,38,43)/t19-,23+/m0/s1. The minimum atomic E-state index is -4.81. The van der Waals surface area contributed by atoms with Crippen LogP contribution in [0.4, 0.5) is 29.3 Å². The Morgan fingerprint density at radius 1 is 1.09 bits per heavy atom. The molecule has 0 aromatic heterocycles. The lowest BCUT2D eigenvalue weighted by atomic mass is 10.0. The average Bonchev–Trinajstić information content (AvgIpc) is 3.40. The number of carbonyl (C=O) groups is 3. The molecule has 0 aliphatic carbocycles. The molecule has 2 heterocycles. The first-order chi connectivity index (χ1) is 21.5. The van der Waals surface area contributed by atoms with E-state index in [1.165, 1.54) is 11.0 Å². The van der Waals surface area contributed by atoms with E-state index in [1.54, 1.807) is 48.5 Å². The quantitative estimate of drug-likeness (QED) is 0.308. The van der Waals surface area contributed by atoms with Gasteiger partial charge in [0.05, 0.1) is 29.2 Å². The summed E-state index contributed by atoms with van der Waals surface area (Å²) in [6.45, 7) is -0.891. The molecule has 0 fully saturated rings. The normalized spacial score (nSPS) is 17.8. The van der Waals surface area contributed by atoms with Crippen molar-refractivity contribution in [1.29, 1.82) is 0 Å². The van der Waals surface area contributed by atoms with Gasteiger partial charge >= 0.3 is 12.3 Å². The molecule has 2 aliphatic heterocycles. The molecule has 0 spiro atoms. The van der Waals surface area contributed by atoms with Crippen LogP contribution in [0.2, 0.25) is 5.02 Å². The van der Waals surface area contributed by atoms with E-state index in [4.69, 9.17) is 21.2 Å². The van der Waals surface area contributed by atoms with Gasteiger partial charge in [0.25, 0.3) is 5.91 Å². The van der Waals surface area contributed by atoms with E-state index < -0.39 is 54.5 Å². The zero-order valence-electron chi connectivity index (χ0n) is 23.2. The monoisotopic (exact) mass is 705 g/mol. The minimum Gasteiger partial charge on any atom is -0.446 e. The van der Waals surface area contributed by atoms with Gasteiger partial charge in [-0.2, -0.15) is 13.2 Å². The summed E-state index contributed by atoms with van der Waals surface area (Å²) in [4.78, 5) is 50.7. The summed E-state index contributed by atoms with van der Waals surface area (Å²) in [6.07, 6.45) is -5.95. The number of amides is 3. The summed E-state index contributed by atoms with van der Waals surface area (Å²) in [5.41, 5.74) is 0.243. The van der Waals surface area contributed by atoms with Crippen LogP contribution in [0.15, 0.2) is 82.9 Å². The molecule has 10 nitrogen and oxygen atoms in total. The van der Waals surface area contributed by atoms with E-state index in [0.717, 1.165) is 6.07 Å². The Hall–Kier alpha value is -4.43. The fraction of sp³-hybridized carbons (Fsp3) is 0.233. The van der Waals surface area contributed by atoms with Crippen molar-refractivity contribution in [3.05, 3.63) is 94.5 Å². The lowest BCUT2D eigenvalue weighted by Gasteiger charge is -2.25. The van der Waals surface area contributed by atoms with Gasteiger partial charge in [0, 0.05) is 22.6 Å². The molecule has 5 rings (SSSR count). The Labute approximate surface area is 268 Å². The Kier molecular flexibility index (Phi) is 9.73. The number of carbonyl (C=O) groups excluding carboxylic acids is 3. The number of hydrogen-bond acceptors (Lipinski definition) is 7. The van der Waals surface area contributed by atoms with Crippen LogP contribution in [0, 0.1) is 0 Å². The highest BCUT2D eigenvalue weighted by Gasteiger charge is 2.36. The maximum atomic E-state index is 13.9. The van der Waals surface area contributed by atoms with Crippen LogP contribution in [0.25, 0.3) is 0 Å². The zero-order valence-corrected chi connectivity index (χ0v) is 25.5. The van der Waals surface area contributed by atoms with Crippen molar-refractivity contribution in [3.8, 4) is 0 Å². The highest BCUT2D eigenvalue weighted by molar-refractivity contribution is 9.18. The summed E-state index contributed by atoms with van der Waals surface area (Å²) in [7, 11) is 0. The third-order valence-electron chi connectivity index (χ3n) is 6.75. The van der Waals surface area contributed by atoms with Crippen LogP contribution in [0.3, 0.4) is 0 Å².